The number of benzene rings is 2. The maximum absolute atomic E-state index is 13.7. The first kappa shape index (κ1) is 17.8. The van der Waals surface area contributed by atoms with E-state index in [2.05, 4.69) is 15.4 Å². The molecule has 0 saturated carbocycles. The van der Waals surface area contributed by atoms with Gasteiger partial charge in [0.25, 0.3) is 0 Å². The largest absolute Gasteiger partial charge is 0.322 e. The molecule has 0 spiro atoms. The van der Waals surface area contributed by atoms with E-state index in [-0.39, 0.29) is 11.8 Å². The molecular weight excluding hydrogens is 389 g/mol. The number of aromatic nitrogens is 3. The second-order valence-corrected chi connectivity index (χ2v) is 8.10. The molecule has 1 aliphatic rings. The van der Waals surface area contributed by atoms with Gasteiger partial charge in [0.15, 0.2) is 5.82 Å². The lowest BCUT2D eigenvalue weighted by molar-refractivity contribution is 0.206. The Kier molecular flexibility index (Phi) is 4.28. The first-order valence-electron chi connectivity index (χ1n) is 9.33. The van der Waals surface area contributed by atoms with Gasteiger partial charge in [-0.3, -0.25) is 0 Å². The Morgan fingerprint density at radius 1 is 1.21 bits per heavy atom. The van der Waals surface area contributed by atoms with E-state index in [4.69, 9.17) is 0 Å². The maximum atomic E-state index is 13.7. The van der Waals surface area contributed by atoms with Crippen molar-refractivity contribution in [2.24, 2.45) is 0 Å². The van der Waals surface area contributed by atoms with Gasteiger partial charge in [-0.1, -0.05) is 47.7 Å². The molecule has 0 bridgehead atoms. The topological polar surface area (TPSA) is 62.5 Å². The Morgan fingerprint density at radius 2 is 2.03 bits per heavy atom. The van der Waals surface area contributed by atoms with Crippen LogP contribution in [0.2, 0.25) is 0 Å². The monoisotopic (exact) mass is 407 g/mol. The molecule has 0 fully saturated rings. The SMILES string of the molecule is Cc1ccc(NC(=O)N2CCc3c(sc4nc(-c5ccccc5)nn34)C2)cc1F. The molecule has 5 rings (SSSR count). The van der Waals surface area contributed by atoms with Crippen LogP contribution in [-0.4, -0.2) is 32.1 Å². The number of hydrogen-bond donors (Lipinski definition) is 1. The van der Waals surface area contributed by atoms with E-state index in [0.717, 1.165) is 21.1 Å². The van der Waals surface area contributed by atoms with E-state index in [0.29, 0.717) is 36.6 Å². The van der Waals surface area contributed by atoms with Gasteiger partial charge in [-0.25, -0.2) is 13.7 Å². The first-order chi connectivity index (χ1) is 14.1. The van der Waals surface area contributed by atoms with Crippen molar-refractivity contribution in [1.29, 1.82) is 0 Å². The van der Waals surface area contributed by atoms with Crippen molar-refractivity contribution in [1.82, 2.24) is 19.5 Å². The van der Waals surface area contributed by atoms with Crippen LogP contribution in [0.4, 0.5) is 14.9 Å². The van der Waals surface area contributed by atoms with Crippen LogP contribution in [0.5, 0.6) is 0 Å². The number of aryl methyl sites for hydroxylation is 1. The van der Waals surface area contributed by atoms with Crippen molar-refractivity contribution < 1.29 is 9.18 Å². The average molecular weight is 407 g/mol. The second-order valence-electron chi connectivity index (χ2n) is 7.03. The van der Waals surface area contributed by atoms with Crippen molar-refractivity contribution >= 4 is 28.0 Å². The highest BCUT2D eigenvalue weighted by Gasteiger charge is 2.26. The molecule has 2 amide bonds. The Hall–Kier alpha value is -3.26. The third-order valence-electron chi connectivity index (χ3n) is 5.06. The number of nitrogens with zero attached hydrogens (tertiary/aromatic N) is 4. The molecule has 146 valence electrons. The van der Waals surface area contributed by atoms with Gasteiger partial charge in [-0.2, -0.15) is 4.98 Å². The number of nitrogens with one attached hydrogen (secondary N) is 1. The summed E-state index contributed by atoms with van der Waals surface area (Å²) in [5.74, 6) is 0.379. The fraction of sp³-hybridized carbons (Fsp3) is 0.190. The minimum Gasteiger partial charge on any atom is -0.319 e. The van der Waals surface area contributed by atoms with Crippen molar-refractivity contribution in [3.63, 3.8) is 0 Å². The van der Waals surface area contributed by atoms with E-state index in [9.17, 15) is 9.18 Å². The van der Waals surface area contributed by atoms with Crippen LogP contribution >= 0.6 is 11.3 Å². The Bertz CT molecular complexity index is 1220. The van der Waals surface area contributed by atoms with E-state index >= 15 is 0 Å². The lowest BCUT2D eigenvalue weighted by atomic mass is 10.2. The molecule has 0 atom stereocenters. The molecule has 0 radical (unpaired) electrons. The molecule has 2 aromatic carbocycles. The van der Waals surface area contributed by atoms with E-state index < -0.39 is 0 Å². The zero-order chi connectivity index (χ0) is 20.0. The predicted molar refractivity (Wildman–Crippen MR) is 111 cm³/mol. The lowest BCUT2D eigenvalue weighted by Crippen LogP contribution is -2.38. The predicted octanol–water partition coefficient (Wildman–Crippen LogP) is 4.50. The zero-order valence-corrected chi connectivity index (χ0v) is 16.5. The van der Waals surface area contributed by atoms with Gasteiger partial charge in [-0.05, 0) is 24.6 Å². The van der Waals surface area contributed by atoms with Crippen LogP contribution in [0.3, 0.4) is 0 Å². The summed E-state index contributed by atoms with van der Waals surface area (Å²) in [6.07, 6.45) is 0.697. The van der Waals surface area contributed by atoms with Crippen LogP contribution < -0.4 is 5.32 Å². The average Bonchev–Trinajstić information content (AvgIpc) is 3.29. The van der Waals surface area contributed by atoms with Crippen LogP contribution in [0.25, 0.3) is 16.3 Å². The third kappa shape index (κ3) is 3.25. The van der Waals surface area contributed by atoms with Crippen LogP contribution in [0, 0.1) is 12.7 Å². The molecule has 1 aliphatic heterocycles. The number of halogens is 1. The first-order valence-corrected chi connectivity index (χ1v) is 10.1. The Labute approximate surface area is 170 Å². The van der Waals surface area contributed by atoms with Gasteiger partial charge in [0.05, 0.1) is 12.2 Å². The van der Waals surface area contributed by atoms with Crippen molar-refractivity contribution in [3.05, 3.63) is 70.5 Å². The number of carbonyl (C=O) groups is 1. The second kappa shape index (κ2) is 6.97. The summed E-state index contributed by atoms with van der Waals surface area (Å²) in [5, 5.41) is 7.45. The summed E-state index contributed by atoms with van der Waals surface area (Å²) < 4.78 is 15.6. The van der Waals surface area contributed by atoms with E-state index in [1.807, 2.05) is 34.8 Å². The number of thiazole rings is 1. The number of urea groups is 1. The number of amides is 2. The minimum atomic E-state index is -0.330. The molecule has 3 heterocycles. The molecular formula is C21H18FN5OS. The van der Waals surface area contributed by atoms with Crippen molar-refractivity contribution in [2.75, 3.05) is 11.9 Å². The number of rotatable bonds is 2. The molecule has 4 aromatic rings. The van der Waals surface area contributed by atoms with Gasteiger partial charge < -0.3 is 10.2 Å². The molecule has 2 aromatic heterocycles. The fourth-order valence-electron chi connectivity index (χ4n) is 3.45. The Balaban J connectivity index is 1.35. The van der Waals surface area contributed by atoms with Crippen LogP contribution in [0.1, 0.15) is 16.1 Å². The number of anilines is 1. The Morgan fingerprint density at radius 3 is 2.83 bits per heavy atom. The van der Waals surface area contributed by atoms with Gasteiger partial charge in [0, 0.05) is 29.1 Å². The van der Waals surface area contributed by atoms with Gasteiger partial charge >= 0.3 is 6.03 Å². The number of carbonyl (C=O) groups excluding carboxylic acids is 1. The van der Waals surface area contributed by atoms with E-state index in [1.165, 1.54) is 6.07 Å². The summed E-state index contributed by atoms with van der Waals surface area (Å²) >= 11 is 1.55. The zero-order valence-electron chi connectivity index (χ0n) is 15.7. The van der Waals surface area contributed by atoms with Crippen LogP contribution in [-0.2, 0) is 13.0 Å². The summed E-state index contributed by atoms with van der Waals surface area (Å²) in [5.41, 5.74) is 3.10. The smallest absolute Gasteiger partial charge is 0.319 e. The van der Waals surface area contributed by atoms with Gasteiger partial charge in [-0.15, -0.1) is 5.10 Å². The number of fused-ring (bicyclic) bond motifs is 3. The minimum absolute atomic E-state index is 0.233. The molecule has 8 heteroatoms. The highest BCUT2D eigenvalue weighted by atomic mass is 32.1. The summed E-state index contributed by atoms with van der Waals surface area (Å²) in [7, 11) is 0. The van der Waals surface area contributed by atoms with Gasteiger partial charge in [0.1, 0.15) is 5.82 Å². The standard InChI is InChI=1S/C21H18FN5OS/c1-13-7-8-15(11-16(13)22)23-20(28)26-10-9-17-18(12-26)29-21-24-19(25-27(17)21)14-5-3-2-4-6-14/h2-8,11H,9-10,12H2,1H3,(H,23,28). The highest BCUT2D eigenvalue weighted by Crippen LogP contribution is 2.30. The normalized spacial score (nSPS) is 13.5. The molecule has 29 heavy (non-hydrogen) atoms. The van der Waals surface area contributed by atoms with E-state index in [1.54, 1.807) is 35.3 Å². The van der Waals surface area contributed by atoms with Crippen molar-refractivity contribution in [3.8, 4) is 11.4 Å². The molecule has 1 N–H and O–H groups in total. The summed E-state index contributed by atoms with van der Waals surface area (Å²) in [4.78, 5) is 20.9. The fourth-order valence-corrected chi connectivity index (χ4v) is 4.56. The molecule has 0 aliphatic carbocycles. The van der Waals surface area contributed by atoms with Crippen LogP contribution in [0.15, 0.2) is 48.5 Å². The molecule has 0 unspecified atom stereocenters. The number of hydrogen-bond acceptors (Lipinski definition) is 4. The summed E-state index contributed by atoms with van der Waals surface area (Å²) in [6.45, 7) is 2.75. The molecule has 0 saturated heterocycles. The summed E-state index contributed by atoms with van der Waals surface area (Å²) in [6, 6.07) is 14.4. The van der Waals surface area contributed by atoms with Crippen molar-refractivity contribution in [2.45, 2.75) is 19.9 Å². The lowest BCUT2D eigenvalue weighted by Gasteiger charge is -2.26. The molecule has 6 nitrogen and oxygen atoms in total. The third-order valence-corrected chi connectivity index (χ3v) is 6.12. The quantitative estimate of drug-likeness (QED) is 0.532. The van der Waals surface area contributed by atoms with Gasteiger partial charge in [0.2, 0.25) is 4.96 Å². The maximum Gasteiger partial charge on any atom is 0.322 e. The highest BCUT2D eigenvalue weighted by molar-refractivity contribution is 7.17.